The van der Waals surface area contributed by atoms with Gasteiger partial charge in [-0.3, -0.25) is 0 Å². The first kappa shape index (κ1) is 17.5. The standard InChI is InChI=1S/C14H16F2N2O2.C3H8/c15-14(16)5-3-9(4-6-14)7-19-11-2-1-10(17)12-13(11)20-8-18-12;1-3-2/h1-2,8-9H,3-7,17H2;3H2,1-2H3. The summed E-state index contributed by atoms with van der Waals surface area (Å²) in [5.74, 6) is -1.79. The second kappa shape index (κ2) is 7.62. The lowest BCUT2D eigenvalue weighted by molar-refractivity contribution is -0.0498. The van der Waals surface area contributed by atoms with E-state index in [1.807, 2.05) is 0 Å². The minimum atomic E-state index is -2.50. The van der Waals surface area contributed by atoms with Gasteiger partial charge in [0, 0.05) is 12.8 Å². The minimum absolute atomic E-state index is 0.0551. The molecule has 1 saturated carbocycles. The summed E-state index contributed by atoms with van der Waals surface area (Å²) in [6.07, 6.45) is 3.43. The highest BCUT2D eigenvalue weighted by atomic mass is 19.3. The van der Waals surface area contributed by atoms with Crippen LogP contribution in [0.3, 0.4) is 0 Å². The molecule has 0 bridgehead atoms. The van der Waals surface area contributed by atoms with Crippen LogP contribution in [0.2, 0.25) is 0 Å². The van der Waals surface area contributed by atoms with Crippen LogP contribution in [0.25, 0.3) is 11.1 Å². The lowest BCUT2D eigenvalue weighted by Crippen LogP contribution is -2.27. The quantitative estimate of drug-likeness (QED) is 0.804. The van der Waals surface area contributed by atoms with E-state index in [4.69, 9.17) is 14.9 Å². The first-order chi connectivity index (χ1) is 11.0. The Morgan fingerprint density at radius 3 is 2.61 bits per heavy atom. The highest BCUT2D eigenvalue weighted by Gasteiger charge is 2.35. The van der Waals surface area contributed by atoms with Crippen LogP contribution in [-0.4, -0.2) is 17.5 Å². The molecule has 1 aliphatic rings. The number of ether oxygens (including phenoxy) is 1. The summed E-state index contributed by atoms with van der Waals surface area (Å²) in [5.41, 5.74) is 7.38. The first-order valence-electron chi connectivity index (χ1n) is 8.09. The van der Waals surface area contributed by atoms with E-state index in [1.165, 1.54) is 12.8 Å². The average Bonchev–Trinajstić information content (AvgIpc) is 2.99. The van der Waals surface area contributed by atoms with E-state index in [2.05, 4.69) is 18.8 Å². The number of nitrogens with zero attached hydrogens (tertiary/aromatic N) is 1. The number of nitrogens with two attached hydrogens (primary N) is 1. The number of oxazole rings is 1. The predicted octanol–water partition coefficient (Wildman–Crippen LogP) is 5.03. The lowest BCUT2D eigenvalue weighted by atomic mass is 9.87. The van der Waals surface area contributed by atoms with E-state index >= 15 is 0 Å². The number of hydrogen-bond acceptors (Lipinski definition) is 4. The van der Waals surface area contributed by atoms with Gasteiger partial charge in [-0.1, -0.05) is 20.3 Å². The Morgan fingerprint density at radius 1 is 1.30 bits per heavy atom. The molecule has 1 aromatic carbocycles. The SMILES string of the molecule is CCC.Nc1ccc(OCC2CCC(F)(F)CC2)c2ocnc12. The van der Waals surface area contributed by atoms with Crippen molar-refractivity contribution in [2.24, 2.45) is 5.92 Å². The molecule has 128 valence electrons. The Bertz CT molecular complexity index is 618. The monoisotopic (exact) mass is 326 g/mol. The molecule has 0 amide bonds. The number of anilines is 1. The van der Waals surface area contributed by atoms with Gasteiger partial charge in [-0.15, -0.1) is 0 Å². The van der Waals surface area contributed by atoms with Crippen molar-refractivity contribution >= 4 is 16.8 Å². The lowest BCUT2D eigenvalue weighted by Gasteiger charge is -2.28. The predicted molar refractivity (Wildman–Crippen MR) is 86.8 cm³/mol. The number of alkyl halides is 2. The third kappa shape index (κ3) is 4.56. The summed E-state index contributed by atoms with van der Waals surface area (Å²) >= 11 is 0. The van der Waals surface area contributed by atoms with Gasteiger partial charge in [0.15, 0.2) is 17.7 Å². The topological polar surface area (TPSA) is 61.3 Å². The van der Waals surface area contributed by atoms with Crippen molar-refractivity contribution in [3.63, 3.8) is 0 Å². The maximum Gasteiger partial charge on any atom is 0.248 e. The molecule has 0 unspecified atom stereocenters. The van der Waals surface area contributed by atoms with Crippen LogP contribution < -0.4 is 10.5 Å². The highest BCUT2D eigenvalue weighted by molar-refractivity contribution is 5.89. The molecule has 0 atom stereocenters. The summed E-state index contributed by atoms with van der Waals surface area (Å²) in [6, 6.07) is 3.43. The Hall–Kier alpha value is -1.85. The minimum Gasteiger partial charge on any atom is -0.489 e. The van der Waals surface area contributed by atoms with Crippen LogP contribution in [0.5, 0.6) is 5.75 Å². The molecule has 2 aromatic rings. The van der Waals surface area contributed by atoms with Gasteiger partial charge in [-0.2, -0.15) is 0 Å². The number of halogens is 2. The first-order valence-corrected chi connectivity index (χ1v) is 8.09. The van der Waals surface area contributed by atoms with Gasteiger partial charge in [-0.05, 0) is 30.9 Å². The molecule has 4 nitrogen and oxygen atoms in total. The van der Waals surface area contributed by atoms with Crippen molar-refractivity contribution in [2.45, 2.75) is 51.9 Å². The molecule has 0 spiro atoms. The molecule has 0 radical (unpaired) electrons. The molecule has 3 rings (SSSR count). The molecule has 6 heteroatoms. The Kier molecular flexibility index (Phi) is 5.80. The third-order valence-electron chi connectivity index (χ3n) is 3.79. The van der Waals surface area contributed by atoms with Gasteiger partial charge in [-0.25, -0.2) is 13.8 Å². The molecule has 1 fully saturated rings. The van der Waals surface area contributed by atoms with Crippen LogP contribution in [0.4, 0.5) is 14.5 Å². The molecule has 23 heavy (non-hydrogen) atoms. The number of nitrogen functional groups attached to an aromatic ring is 1. The van der Waals surface area contributed by atoms with Gasteiger partial charge in [0.1, 0.15) is 5.52 Å². The average molecular weight is 326 g/mol. The van der Waals surface area contributed by atoms with Crippen LogP contribution in [-0.2, 0) is 0 Å². The van der Waals surface area contributed by atoms with Crippen LogP contribution in [0.15, 0.2) is 22.9 Å². The van der Waals surface area contributed by atoms with Crippen LogP contribution in [0.1, 0.15) is 46.0 Å². The fraction of sp³-hybridized carbons (Fsp3) is 0.588. The number of hydrogen-bond donors (Lipinski definition) is 1. The normalized spacial score (nSPS) is 17.6. The smallest absolute Gasteiger partial charge is 0.248 e. The molecule has 1 heterocycles. The summed E-state index contributed by atoms with van der Waals surface area (Å²) in [6.45, 7) is 4.66. The molecular weight excluding hydrogens is 302 g/mol. The molecule has 2 N–H and O–H groups in total. The summed E-state index contributed by atoms with van der Waals surface area (Å²) in [4.78, 5) is 4.02. The molecule has 1 aromatic heterocycles. The zero-order valence-electron chi connectivity index (χ0n) is 13.6. The van der Waals surface area contributed by atoms with E-state index < -0.39 is 5.92 Å². The van der Waals surface area contributed by atoms with E-state index in [-0.39, 0.29) is 18.8 Å². The second-order valence-corrected chi connectivity index (χ2v) is 6.00. The Morgan fingerprint density at radius 2 is 1.96 bits per heavy atom. The zero-order chi connectivity index (χ0) is 16.9. The van der Waals surface area contributed by atoms with Gasteiger partial charge >= 0.3 is 0 Å². The second-order valence-electron chi connectivity index (χ2n) is 6.00. The molecular formula is C17H24F2N2O2. The number of benzene rings is 1. The van der Waals surface area contributed by atoms with Crippen molar-refractivity contribution in [1.29, 1.82) is 0 Å². The Labute approximate surface area is 135 Å². The largest absolute Gasteiger partial charge is 0.489 e. The van der Waals surface area contributed by atoms with Crippen molar-refractivity contribution in [2.75, 3.05) is 12.3 Å². The van der Waals surface area contributed by atoms with E-state index in [0.717, 1.165) is 0 Å². The summed E-state index contributed by atoms with van der Waals surface area (Å²) < 4.78 is 37.1. The van der Waals surface area contributed by atoms with E-state index in [0.29, 0.717) is 42.0 Å². The molecule has 0 saturated heterocycles. The number of fused-ring (bicyclic) bond motifs is 1. The summed E-state index contributed by atoms with van der Waals surface area (Å²) in [7, 11) is 0. The fourth-order valence-corrected chi connectivity index (χ4v) is 2.53. The zero-order valence-corrected chi connectivity index (χ0v) is 13.6. The number of rotatable bonds is 3. The van der Waals surface area contributed by atoms with Crippen molar-refractivity contribution in [3.8, 4) is 5.75 Å². The number of aromatic nitrogens is 1. The van der Waals surface area contributed by atoms with E-state index in [1.54, 1.807) is 12.1 Å². The van der Waals surface area contributed by atoms with Crippen molar-refractivity contribution in [3.05, 3.63) is 18.5 Å². The van der Waals surface area contributed by atoms with Crippen LogP contribution in [0, 0.1) is 5.92 Å². The van der Waals surface area contributed by atoms with Gasteiger partial charge in [0.05, 0.1) is 12.3 Å². The Balaban J connectivity index is 0.000000595. The van der Waals surface area contributed by atoms with Gasteiger partial charge < -0.3 is 14.9 Å². The maximum atomic E-state index is 13.1. The third-order valence-corrected chi connectivity index (χ3v) is 3.79. The van der Waals surface area contributed by atoms with Crippen LogP contribution >= 0.6 is 0 Å². The molecule has 0 aliphatic heterocycles. The van der Waals surface area contributed by atoms with Crippen molar-refractivity contribution < 1.29 is 17.9 Å². The molecule has 1 aliphatic carbocycles. The highest BCUT2D eigenvalue weighted by Crippen LogP contribution is 2.37. The fourth-order valence-electron chi connectivity index (χ4n) is 2.53. The maximum absolute atomic E-state index is 13.1. The summed E-state index contributed by atoms with van der Waals surface area (Å²) in [5, 5.41) is 0. The van der Waals surface area contributed by atoms with E-state index in [9.17, 15) is 8.78 Å². The van der Waals surface area contributed by atoms with Gasteiger partial charge in [0.25, 0.3) is 0 Å². The van der Waals surface area contributed by atoms with Gasteiger partial charge in [0.2, 0.25) is 5.92 Å². The van der Waals surface area contributed by atoms with Crippen molar-refractivity contribution in [1.82, 2.24) is 4.98 Å².